The standard InChI is InChI=1S/C20H28N2O4/c1-3-20(2,19(24)26-17-6-4-5-7-17)21-14-16-10-8-15(9-11-16)12-13-18(23)22-25/h8-13,17,21,25H,3-7,14H2,1-2H3,(H,22,23)/b13-12+/t20-/m1/s1. The van der Waals surface area contributed by atoms with Crippen molar-refractivity contribution in [1.82, 2.24) is 10.8 Å². The van der Waals surface area contributed by atoms with Crippen LogP contribution in [0.4, 0.5) is 0 Å². The molecule has 6 nitrogen and oxygen atoms in total. The number of carbonyl (C=O) groups excluding carboxylic acids is 2. The number of hydroxylamine groups is 1. The molecule has 0 saturated heterocycles. The van der Waals surface area contributed by atoms with Crippen molar-refractivity contribution in [2.45, 2.75) is 64.1 Å². The molecule has 0 aromatic heterocycles. The maximum atomic E-state index is 12.6. The van der Waals surface area contributed by atoms with E-state index in [2.05, 4.69) is 5.32 Å². The Bertz CT molecular complexity index is 636. The summed E-state index contributed by atoms with van der Waals surface area (Å²) in [5, 5.41) is 11.8. The van der Waals surface area contributed by atoms with E-state index in [-0.39, 0.29) is 12.1 Å². The minimum atomic E-state index is -0.708. The predicted molar refractivity (Wildman–Crippen MR) is 99.3 cm³/mol. The monoisotopic (exact) mass is 360 g/mol. The average Bonchev–Trinajstić information content (AvgIpc) is 3.17. The van der Waals surface area contributed by atoms with E-state index in [4.69, 9.17) is 9.94 Å². The summed E-state index contributed by atoms with van der Waals surface area (Å²) in [7, 11) is 0. The number of benzene rings is 1. The molecule has 1 aliphatic carbocycles. The molecule has 0 spiro atoms. The van der Waals surface area contributed by atoms with E-state index < -0.39 is 11.4 Å². The normalized spacial score (nSPS) is 17.2. The number of carbonyl (C=O) groups is 2. The molecule has 0 unspecified atom stereocenters. The van der Waals surface area contributed by atoms with Crippen LogP contribution in [0.2, 0.25) is 0 Å². The average molecular weight is 360 g/mol. The molecule has 1 aliphatic rings. The highest BCUT2D eigenvalue weighted by Crippen LogP contribution is 2.24. The van der Waals surface area contributed by atoms with Gasteiger partial charge in [-0.05, 0) is 56.2 Å². The van der Waals surface area contributed by atoms with Crippen LogP contribution in [0, 0.1) is 0 Å². The molecule has 0 heterocycles. The van der Waals surface area contributed by atoms with E-state index in [0.29, 0.717) is 13.0 Å². The lowest BCUT2D eigenvalue weighted by Gasteiger charge is -2.29. The van der Waals surface area contributed by atoms with Crippen LogP contribution in [0.5, 0.6) is 0 Å². The molecule has 1 aromatic carbocycles. The van der Waals surface area contributed by atoms with Gasteiger partial charge in [0.25, 0.3) is 5.91 Å². The van der Waals surface area contributed by atoms with Gasteiger partial charge in [-0.3, -0.25) is 20.1 Å². The van der Waals surface area contributed by atoms with E-state index in [1.807, 2.05) is 38.1 Å². The number of esters is 1. The second-order valence-corrected chi connectivity index (χ2v) is 6.90. The molecule has 0 radical (unpaired) electrons. The first kappa shape index (κ1) is 20.1. The van der Waals surface area contributed by atoms with E-state index >= 15 is 0 Å². The number of rotatable bonds is 8. The summed E-state index contributed by atoms with van der Waals surface area (Å²) in [5.41, 5.74) is 2.71. The van der Waals surface area contributed by atoms with E-state index in [1.165, 1.54) is 6.08 Å². The molecule has 26 heavy (non-hydrogen) atoms. The van der Waals surface area contributed by atoms with Crippen molar-refractivity contribution >= 4 is 18.0 Å². The second kappa shape index (κ2) is 9.50. The molecule has 1 aromatic rings. The van der Waals surface area contributed by atoms with Gasteiger partial charge in [0.1, 0.15) is 11.6 Å². The van der Waals surface area contributed by atoms with Gasteiger partial charge in [-0.25, -0.2) is 5.48 Å². The van der Waals surface area contributed by atoms with Crippen LogP contribution < -0.4 is 10.8 Å². The first-order valence-electron chi connectivity index (χ1n) is 9.14. The van der Waals surface area contributed by atoms with Crippen molar-refractivity contribution in [3.63, 3.8) is 0 Å². The van der Waals surface area contributed by atoms with Crippen molar-refractivity contribution in [2.75, 3.05) is 0 Å². The number of hydrogen-bond donors (Lipinski definition) is 3. The summed E-state index contributed by atoms with van der Waals surface area (Å²) in [6, 6.07) is 7.61. The highest BCUT2D eigenvalue weighted by molar-refractivity contribution is 5.90. The van der Waals surface area contributed by atoms with Crippen molar-refractivity contribution in [2.24, 2.45) is 0 Å². The summed E-state index contributed by atoms with van der Waals surface area (Å²) >= 11 is 0. The largest absolute Gasteiger partial charge is 0.461 e. The second-order valence-electron chi connectivity index (χ2n) is 6.90. The minimum absolute atomic E-state index is 0.0670. The van der Waals surface area contributed by atoms with Gasteiger partial charge in [-0.2, -0.15) is 0 Å². The molecule has 2 rings (SSSR count). The van der Waals surface area contributed by atoms with Crippen LogP contribution >= 0.6 is 0 Å². The third-order valence-electron chi connectivity index (χ3n) is 4.93. The fourth-order valence-electron chi connectivity index (χ4n) is 2.88. The molecule has 142 valence electrons. The molecular weight excluding hydrogens is 332 g/mol. The number of hydrogen-bond acceptors (Lipinski definition) is 5. The third-order valence-corrected chi connectivity index (χ3v) is 4.93. The molecule has 1 amide bonds. The van der Waals surface area contributed by atoms with Gasteiger partial charge in [0.15, 0.2) is 0 Å². The maximum absolute atomic E-state index is 12.6. The zero-order valence-electron chi connectivity index (χ0n) is 15.5. The van der Waals surface area contributed by atoms with Gasteiger partial charge in [-0.15, -0.1) is 0 Å². The summed E-state index contributed by atoms with van der Waals surface area (Å²) in [6.45, 7) is 4.41. The third kappa shape index (κ3) is 5.68. The zero-order chi connectivity index (χ0) is 19.0. The molecule has 3 N–H and O–H groups in total. The molecule has 0 aliphatic heterocycles. The fourth-order valence-corrected chi connectivity index (χ4v) is 2.88. The lowest BCUT2D eigenvalue weighted by atomic mass is 9.98. The predicted octanol–water partition coefficient (Wildman–Crippen LogP) is 2.95. The van der Waals surface area contributed by atoms with Gasteiger partial charge in [0, 0.05) is 12.6 Å². The summed E-state index contributed by atoms with van der Waals surface area (Å²) in [4.78, 5) is 23.5. The lowest BCUT2D eigenvalue weighted by Crippen LogP contribution is -2.50. The highest BCUT2D eigenvalue weighted by atomic mass is 16.5. The summed E-state index contributed by atoms with van der Waals surface area (Å²) in [6.07, 6.45) is 7.78. The smallest absolute Gasteiger partial charge is 0.326 e. The SMILES string of the molecule is CC[C@@](C)(NCc1ccc(/C=C/C(=O)NO)cc1)C(=O)OC1CCCC1. The van der Waals surface area contributed by atoms with Crippen molar-refractivity contribution < 1.29 is 19.5 Å². The zero-order valence-corrected chi connectivity index (χ0v) is 15.5. The first-order valence-corrected chi connectivity index (χ1v) is 9.14. The Morgan fingerprint density at radius 2 is 1.92 bits per heavy atom. The molecular formula is C20H28N2O4. The maximum Gasteiger partial charge on any atom is 0.326 e. The topological polar surface area (TPSA) is 87.7 Å². The Balaban J connectivity index is 1.91. The first-order chi connectivity index (χ1) is 12.5. The van der Waals surface area contributed by atoms with E-state index in [9.17, 15) is 9.59 Å². The van der Waals surface area contributed by atoms with Gasteiger partial charge in [0.05, 0.1) is 0 Å². The Morgan fingerprint density at radius 3 is 2.50 bits per heavy atom. The summed E-state index contributed by atoms with van der Waals surface area (Å²) < 4.78 is 5.67. The van der Waals surface area contributed by atoms with E-state index in [1.54, 1.807) is 11.6 Å². The molecule has 0 bridgehead atoms. The number of ether oxygens (including phenoxy) is 1. The van der Waals surface area contributed by atoms with Crippen LogP contribution in [0.3, 0.4) is 0 Å². The van der Waals surface area contributed by atoms with Gasteiger partial charge in [-0.1, -0.05) is 31.2 Å². The Kier molecular flexibility index (Phi) is 7.36. The van der Waals surface area contributed by atoms with Crippen LogP contribution in [0.15, 0.2) is 30.3 Å². The number of amides is 1. The van der Waals surface area contributed by atoms with Gasteiger partial charge < -0.3 is 4.74 Å². The summed E-state index contributed by atoms with van der Waals surface area (Å²) in [5.74, 6) is -0.753. The lowest BCUT2D eigenvalue weighted by molar-refractivity contribution is -0.156. The van der Waals surface area contributed by atoms with Crippen molar-refractivity contribution in [3.8, 4) is 0 Å². The van der Waals surface area contributed by atoms with Crippen LogP contribution in [0.1, 0.15) is 57.1 Å². The Hall–Kier alpha value is -2.18. The van der Waals surface area contributed by atoms with Crippen LogP contribution in [-0.2, 0) is 20.9 Å². The Labute approximate surface area is 154 Å². The minimum Gasteiger partial charge on any atom is -0.461 e. The molecule has 6 heteroatoms. The quantitative estimate of drug-likeness (QED) is 0.287. The van der Waals surface area contributed by atoms with Crippen LogP contribution in [-0.4, -0.2) is 28.7 Å². The Morgan fingerprint density at radius 1 is 1.27 bits per heavy atom. The molecule has 1 saturated carbocycles. The van der Waals surface area contributed by atoms with Crippen molar-refractivity contribution in [1.29, 1.82) is 0 Å². The highest BCUT2D eigenvalue weighted by Gasteiger charge is 2.34. The van der Waals surface area contributed by atoms with Crippen LogP contribution in [0.25, 0.3) is 6.08 Å². The van der Waals surface area contributed by atoms with Gasteiger partial charge in [0.2, 0.25) is 0 Å². The van der Waals surface area contributed by atoms with Gasteiger partial charge >= 0.3 is 5.97 Å². The van der Waals surface area contributed by atoms with Crippen molar-refractivity contribution in [3.05, 3.63) is 41.5 Å². The van der Waals surface area contributed by atoms with E-state index in [0.717, 1.165) is 36.8 Å². The molecule has 1 fully saturated rings. The molecule has 1 atom stereocenters. The fraction of sp³-hybridized carbons (Fsp3) is 0.500. The number of nitrogens with one attached hydrogen (secondary N) is 2.